The van der Waals surface area contributed by atoms with E-state index in [0.29, 0.717) is 18.7 Å². The predicted molar refractivity (Wildman–Crippen MR) is 95.1 cm³/mol. The summed E-state index contributed by atoms with van der Waals surface area (Å²) in [7, 11) is 0. The zero-order chi connectivity index (χ0) is 16.3. The van der Waals surface area contributed by atoms with Crippen molar-refractivity contribution in [1.29, 1.82) is 0 Å². The van der Waals surface area contributed by atoms with Crippen LogP contribution in [0.25, 0.3) is 0 Å². The van der Waals surface area contributed by atoms with E-state index in [-0.39, 0.29) is 18.3 Å². The minimum Gasteiger partial charge on any atom is -0.350 e. The molecule has 0 radical (unpaired) electrons. The van der Waals surface area contributed by atoms with E-state index in [0.717, 1.165) is 17.0 Å². The highest BCUT2D eigenvalue weighted by Gasteiger charge is 2.13. The van der Waals surface area contributed by atoms with Gasteiger partial charge in [-0.15, -0.1) is 12.4 Å². The number of amides is 1. The molecule has 6 heteroatoms. The van der Waals surface area contributed by atoms with E-state index < -0.39 is 5.54 Å². The Morgan fingerprint density at radius 1 is 1.30 bits per heavy atom. The highest BCUT2D eigenvalue weighted by atomic mass is 35.5. The largest absolute Gasteiger partial charge is 0.350 e. The van der Waals surface area contributed by atoms with Crippen LogP contribution in [0.1, 0.15) is 41.2 Å². The minimum atomic E-state index is -0.420. The van der Waals surface area contributed by atoms with E-state index in [1.165, 1.54) is 0 Å². The number of nitrogens with one attached hydrogen (secondary N) is 1. The normalized spacial score (nSPS) is 11.0. The molecule has 1 aromatic heterocycles. The number of hydrogen-bond donors (Lipinski definition) is 2. The number of benzene rings is 1. The van der Waals surface area contributed by atoms with Gasteiger partial charge < -0.3 is 11.1 Å². The third kappa shape index (κ3) is 5.69. The monoisotopic (exact) mass is 336 g/mol. The Morgan fingerprint density at radius 2 is 2.00 bits per heavy atom. The van der Waals surface area contributed by atoms with Crippen LogP contribution >= 0.6 is 12.4 Å². The molecule has 0 saturated heterocycles. The van der Waals surface area contributed by atoms with Crippen LogP contribution in [0.2, 0.25) is 0 Å². The van der Waals surface area contributed by atoms with Gasteiger partial charge in [0.05, 0.1) is 12.2 Å². The van der Waals surface area contributed by atoms with Crippen molar-refractivity contribution in [3.8, 4) is 0 Å². The second-order valence-electron chi connectivity index (χ2n) is 6.46. The summed E-state index contributed by atoms with van der Waals surface area (Å²) in [5.41, 5.74) is 9.26. The predicted octanol–water partition coefficient (Wildman–Crippen LogP) is 2.44. The van der Waals surface area contributed by atoms with Crippen LogP contribution in [-0.4, -0.2) is 27.8 Å². The summed E-state index contributed by atoms with van der Waals surface area (Å²) < 4.78 is 1.94. The highest BCUT2D eigenvalue weighted by Crippen LogP contribution is 2.10. The zero-order valence-corrected chi connectivity index (χ0v) is 14.9. The number of nitrogens with two attached hydrogens (primary N) is 1. The summed E-state index contributed by atoms with van der Waals surface area (Å²) in [4.78, 5) is 12.2. The molecule has 23 heavy (non-hydrogen) atoms. The Bertz CT molecular complexity index is 673. The average Bonchev–Trinajstić information content (AvgIpc) is 2.74. The fourth-order valence-electron chi connectivity index (χ4n) is 2.23. The van der Waals surface area contributed by atoms with Crippen molar-refractivity contribution in [2.75, 3.05) is 6.54 Å². The molecule has 0 aliphatic heterocycles. The topological polar surface area (TPSA) is 72.9 Å². The first-order valence-corrected chi connectivity index (χ1v) is 7.42. The third-order valence-corrected chi connectivity index (χ3v) is 3.33. The van der Waals surface area contributed by atoms with Gasteiger partial charge in [-0.05, 0) is 51.5 Å². The summed E-state index contributed by atoms with van der Waals surface area (Å²) in [6, 6.07) is 9.64. The van der Waals surface area contributed by atoms with Gasteiger partial charge in [-0.2, -0.15) is 5.10 Å². The molecule has 126 valence electrons. The summed E-state index contributed by atoms with van der Waals surface area (Å²) >= 11 is 0. The Morgan fingerprint density at radius 3 is 2.57 bits per heavy atom. The Hall–Kier alpha value is -1.85. The minimum absolute atomic E-state index is 0. The maximum Gasteiger partial charge on any atom is 0.251 e. The number of nitrogens with zero attached hydrogens (tertiary/aromatic N) is 2. The third-order valence-electron chi connectivity index (χ3n) is 3.33. The van der Waals surface area contributed by atoms with Crippen molar-refractivity contribution in [1.82, 2.24) is 15.1 Å². The maximum atomic E-state index is 12.2. The molecular formula is C17H25ClN4O. The first-order chi connectivity index (χ1) is 10.2. The van der Waals surface area contributed by atoms with Crippen LogP contribution in [0.15, 0.2) is 30.3 Å². The van der Waals surface area contributed by atoms with Gasteiger partial charge in [0, 0.05) is 23.3 Å². The Kier molecular flexibility index (Phi) is 6.36. The Labute approximate surface area is 143 Å². The van der Waals surface area contributed by atoms with E-state index in [1.54, 1.807) is 0 Å². The van der Waals surface area contributed by atoms with Gasteiger partial charge in [-0.1, -0.05) is 12.1 Å². The number of aryl methyl sites for hydroxylation is 2. The second-order valence-corrected chi connectivity index (χ2v) is 6.46. The molecule has 2 aromatic rings. The van der Waals surface area contributed by atoms with E-state index in [1.807, 2.05) is 62.7 Å². The number of hydrogen-bond acceptors (Lipinski definition) is 3. The number of rotatable bonds is 5. The van der Waals surface area contributed by atoms with Gasteiger partial charge in [0.1, 0.15) is 0 Å². The first kappa shape index (κ1) is 19.2. The van der Waals surface area contributed by atoms with Crippen molar-refractivity contribution >= 4 is 18.3 Å². The van der Waals surface area contributed by atoms with E-state index >= 15 is 0 Å². The van der Waals surface area contributed by atoms with Crippen LogP contribution in [-0.2, 0) is 6.54 Å². The number of halogens is 1. The molecule has 0 unspecified atom stereocenters. The molecule has 5 nitrogen and oxygen atoms in total. The molecule has 1 aromatic carbocycles. The van der Waals surface area contributed by atoms with Crippen molar-refractivity contribution in [3.63, 3.8) is 0 Å². The summed E-state index contributed by atoms with van der Waals surface area (Å²) in [6.45, 7) is 8.86. The van der Waals surface area contributed by atoms with Crippen LogP contribution in [0.5, 0.6) is 0 Å². The summed E-state index contributed by atoms with van der Waals surface area (Å²) in [5.74, 6) is -0.103. The van der Waals surface area contributed by atoms with Crippen LogP contribution in [0.3, 0.4) is 0 Å². The SMILES string of the molecule is Cc1cc(C)n(Cc2cccc(C(=O)NCC(C)(C)N)c2)n1.Cl. The van der Waals surface area contributed by atoms with Crippen molar-refractivity contribution < 1.29 is 4.79 Å². The van der Waals surface area contributed by atoms with Crippen LogP contribution in [0, 0.1) is 13.8 Å². The zero-order valence-electron chi connectivity index (χ0n) is 14.1. The lowest BCUT2D eigenvalue weighted by molar-refractivity contribution is 0.0946. The molecule has 2 rings (SSSR count). The fraction of sp³-hybridized carbons (Fsp3) is 0.412. The van der Waals surface area contributed by atoms with Gasteiger partial charge in [-0.3, -0.25) is 9.48 Å². The van der Waals surface area contributed by atoms with E-state index in [2.05, 4.69) is 10.4 Å². The number of carbonyl (C=O) groups is 1. The molecule has 0 atom stereocenters. The number of carbonyl (C=O) groups excluding carboxylic acids is 1. The standard InChI is InChI=1S/C17H24N4O.ClH/c1-12-8-13(2)21(20-12)10-14-6-5-7-15(9-14)16(22)19-11-17(3,4)18;/h5-9H,10-11,18H2,1-4H3,(H,19,22);1H. The molecule has 0 bridgehead atoms. The molecule has 0 spiro atoms. The lowest BCUT2D eigenvalue weighted by Crippen LogP contribution is -2.45. The molecule has 1 amide bonds. The summed E-state index contributed by atoms with van der Waals surface area (Å²) in [5, 5.41) is 7.31. The molecular weight excluding hydrogens is 312 g/mol. The smallest absolute Gasteiger partial charge is 0.251 e. The van der Waals surface area contributed by atoms with Crippen LogP contribution < -0.4 is 11.1 Å². The van der Waals surface area contributed by atoms with Gasteiger partial charge >= 0.3 is 0 Å². The van der Waals surface area contributed by atoms with Crippen LogP contribution in [0.4, 0.5) is 0 Å². The molecule has 0 fully saturated rings. The molecule has 0 aliphatic carbocycles. The van der Waals surface area contributed by atoms with Gasteiger partial charge in [0.15, 0.2) is 0 Å². The lowest BCUT2D eigenvalue weighted by atomic mass is 10.1. The molecule has 3 N–H and O–H groups in total. The summed E-state index contributed by atoms with van der Waals surface area (Å²) in [6.07, 6.45) is 0. The van der Waals surface area contributed by atoms with E-state index in [9.17, 15) is 4.79 Å². The lowest BCUT2D eigenvalue weighted by Gasteiger charge is -2.19. The first-order valence-electron chi connectivity index (χ1n) is 7.42. The van der Waals surface area contributed by atoms with E-state index in [4.69, 9.17) is 5.73 Å². The molecule has 0 aliphatic rings. The molecule has 1 heterocycles. The fourth-order valence-corrected chi connectivity index (χ4v) is 2.23. The van der Waals surface area contributed by atoms with Crippen molar-refractivity contribution in [2.45, 2.75) is 39.8 Å². The van der Waals surface area contributed by atoms with Crippen molar-refractivity contribution in [2.24, 2.45) is 5.73 Å². The highest BCUT2D eigenvalue weighted by molar-refractivity contribution is 5.94. The maximum absolute atomic E-state index is 12.2. The van der Waals surface area contributed by atoms with Gasteiger partial charge in [0.2, 0.25) is 0 Å². The van der Waals surface area contributed by atoms with Crippen molar-refractivity contribution in [3.05, 3.63) is 52.8 Å². The van der Waals surface area contributed by atoms with Gasteiger partial charge in [-0.25, -0.2) is 0 Å². The average molecular weight is 337 g/mol. The number of aromatic nitrogens is 2. The Balaban J connectivity index is 0.00000264. The molecule has 0 saturated carbocycles. The van der Waals surface area contributed by atoms with Gasteiger partial charge in [0.25, 0.3) is 5.91 Å². The quantitative estimate of drug-likeness (QED) is 0.880. The second kappa shape index (κ2) is 7.62.